The van der Waals surface area contributed by atoms with Gasteiger partial charge in [-0.2, -0.15) is 0 Å². The van der Waals surface area contributed by atoms with Gasteiger partial charge in [0.1, 0.15) is 18.3 Å². The summed E-state index contributed by atoms with van der Waals surface area (Å²) in [6.07, 6.45) is -3.21. The van der Waals surface area contributed by atoms with Gasteiger partial charge in [-0.15, -0.1) is 0 Å². The van der Waals surface area contributed by atoms with Crippen LogP contribution in [0, 0.1) is 0 Å². The maximum atomic E-state index is 11.5. The van der Waals surface area contributed by atoms with Gasteiger partial charge in [-0.25, -0.2) is 4.79 Å². The monoisotopic (exact) mass is 304 g/mol. The summed E-state index contributed by atoms with van der Waals surface area (Å²) in [5.74, 6) is -2.25. The number of aliphatic hydroxyl groups is 3. The Bertz CT molecular complexity index is 426. The minimum absolute atomic E-state index is 0.157. The molecule has 0 aromatic rings. The minimum Gasteiger partial charge on any atom is -0.478 e. The van der Waals surface area contributed by atoms with Gasteiger partial charge in [0.25, 0.3) is 0 Å². The van der Waals surface area contributed by atoms with Crippen LogP contribution < -0.4 is 11.1 Å². The van der Waals surface area contributed by atoms with Crippen LogP contribution in [0.5, 0.6) is 0 Å². The molecule has 0 radical (unpaired) electrons. The van der Waals surface area contributed by atoms with Gasteiger partial charge in [0.2, 0.25) is 11.7 Å². The van der Waals surface area contributed by atoms with Crippen LogP contribution in [0.4, 0.5) is 0 Å². The summed E-state index contributed by atoms with van der Waals surface area (Å²) in [5, 5.41) is 39.8. The van der Waals surface area contributed by atoms with Crippen molar-refractivity contribution in [1.82, 2.24) is 5.32 Å². The van der Waals surface area contributed by atoms with Crippen LogP contribution in [0.2, 0.25) is 0 Å². The number of carbonyl (C=O) groups is 2. The number of carboxylic acid groups (broad SMARTS) is 1. The fourth-order valence-corrected chi connectivity index (χ4v) is 1.95. The van der Waals surface area contributed by atoms with Crippen molar-refractivity contribution >= 4 is 11.9 Å². The van der Waals surface area contributed by atoms with Crippen molar-refractivity contribution in [3.63, 3.8) is 0 Å². The maximum absolute atomic E-state index is 11.5. The van der Waals surface area contributed by atoms with Crippen LogP contribution in [-0.4, -0.2) is 69.3 Å². The van der Waals surface area contributed by atoms with Gasteiger partial charge in [0.15, 0.2) is 0 Å². The first-order valence-corrected chi connectivity index (χ1v) is 6.45. The third-order valence-electron chi connectivity index (χ3n) is 3.15. The zero-order valence-electron chi connectivity index (χ0n) is 11.5. The standard InChI is InChI=1S/C12H20N2O7/c1-2-8(17)14-9-5(13)3-7(12(19)20)21-11(9)10(18)6(16)4-15/h3,5-6,9-11,15-16,18H,2,4,13H2,1H3,(H,14,17)(H,19,20)/t5-,6+,9+,10+,11+/m0/s1. The highest BCUT2D eigenvalue weighted by atomic mass is 16.5. The maximum Gasteiger partial charge on any atom is 0.370 e. The number of aliphatic hydroxyl groups excluding tert-OH is 3. The summed E-state index contributed by atoms with van der Waals surface area (Å²) in [6.45, 7) is 0.855. The molecule has 7 N–H and O–H groups in total. The molecule has 9 heteroatoms. The second-order valence-corrected chi connectivity index (χ2v) is 4.68. The Balaban J connectivity index is 3.04. The minimum atomic E-state index is -1.62. The number of amides is 1. The van der Waals surface area contributed by atoms with Crippen molar-refractivity contribution in [2.75, 3.05) is 6.61 Å². The Labute approximate surface area is 121 Å². The van der Waals surface area contributed by atoms with E-state index in [4.69, 9.17) is 20.7 Å². The summed E-state index contributed by atoms with van der Waals surface area (Å²) in [7, 11) is 0. The van der Waals surface area contributed by atoms with Crippen LogP contribution >= 0.6 is 0 Å². The molecule has 0 saturated heterocycles. The largest absolute Gasteiger partial charge is 0.478 e. The van der Waals surface area contributed by atoms with E-state index in [0.29, 0.717) is 0 Å². The number of ether oxygens (including phenoxy) is 1. The first-order valence-electron chi connectivity index (χ1n) is 6.45. The summed E-state index contributed by atoms with van der Waals surface area (Å²) in [4.78, 5) is 22.5. The lowest BCUT2D eigenvalue weighted by atomic mass is 9.92. The van der Waals surface area contributed by atoms with Gasteiger partial charge in [-0.1, -0.05) is 6.92 Å². The van der Waals surface area contributed by atoms with Gasteiger partial charge >= 0.3 is 5.97 Å². The highest BCUT2D eigenvalue weighted by Crippen LogP contribution is 2.22. The lowest BCUT2D eigenvalue weighted by Gasteiger charge is -2.38. The Morgan fingerprint density at radius 3 is 2.57 bits per heavy atom. The lowest BCUT2D eigenvalue weighted by Crippen LogP contribution is -2.62. The van der Waals surface area contributed by atoms with E-state index >= 15 is 0 Å². The Morgan fingerprint density at radius 2 is 2.10 bits per heavy atom. The van der Waals surface area contributed by atoms with E-state index in [2.05, 4.69) is 5.32 Å². The summed E-state index contributed by atoms with van der Waals surface area (Å²) in [5.41, 5.74) is 5.79. The molecule has 0 aromatic heterocycles. The summed E-state index contributed by atoms with van der Waals surface area (Å²) in [6, 6.07) is -1.86. The second-order valence-electron chi connectivity index (χ2n) is 4.68. The molecule has 120 valence electrons. The first kappa shape index (κ1) is 17.4. The van der Waals surface area contributed by atoms with E-state index in [-0.39, 0.29) is 12.3 Å². The number of aliphatic carboxylic acids is 1. The molecule has 1 aliphatic heterocycles. The lowest BCUT2D eigenvalue weighted by molar-refractivity contribution is -0.146. The van der Waals surface area contributed by atoms with Gasteiger partial charge in [-0.05, 0) is 6.08 Å². The number of carboxylic acids is 1. The van der Waals surface area contributed by atoms with E-state index in [1.54, 1.807) is 6.92 Å². The predicted molar refractivity (Wildman–Crippen MR) is 69.9 cm³/mol. The zero-order valence-corrected chi connectivity index (χ0v) is 11.5. The molecular formula is C12H20N2O7. The second kappa shape index (κ2) is 7.36. The van der Waals surface area contributed by atoms with Crippen molar-refractivity contribution in [3.8, 4) is 0 Å². The van der Waals surface area contributed by atoms with Crippen LogP contribution in [0.3, 0.4) is 0 Å². The molecule has 9 nitrogen and oxygen atoms in total. The van der Waals surface area contributed by atoms with Crippen molar-refractivity contribution < 1.29 is 34.8 Å². The van der Waals surface area contributed by atoms with Crippen LogP contribution in [0.1, 0.15) is 13.3 Å². The number of carbonyl (C=O) groups excluding carboxylic acids is 1. The van der Waals surface area contributed by atoms with Crippen molar-refractivity contribution in [2.45, 2.75) is 43.7 Å². The number of hydrogen-bond acceptors (Lipinski definition) is 7. The van der Waals surface area contributed by atoms with E-state index in [0.717, 1.165) is 6.08 Å². The van der Waals surface area contributed by atoms with Crippen LogP contribution in [0.25, 0.3) is 0 Å². The summed E-state index contributed by atoms with van der Waals surface area (Å²) < 4.78 is 5.11. The molecule has 1 aliphatic rings. The zero-order chi connectivity index (χ0) is 16.2. The third-order valence-corrected chi connectivity index (χ3v) is 3.15. The van der Waals surface area contributed by atoms with Gasteiger partial charge in [0.05, 0.1) is 18.7 Å². The fourth-order valence-electron chi connectivity index (χ4n) is 1.95. The Kier molecular flexibility index (Phi) is 6.09. The normalized spacial score (nSPS) is 28.0. The fraction of sp³-hybridized carbons (Fsp3) is 0.667. The average molecular weight is 304 g/mol. The van der Waals surface area contributed by atoms with Crippen LogP contribution in [-0.2, 0) is 14.3 Å². The molecule has 1 rings (SSSR count). The Hall–Kier alpha value is -1.68. The van der Waals surface area contributed by atoms with Gasteiger partial charge < -0.3 is 36.2 Å². The molecule has 21 heavy (non-hydrogen) atoms. The molecule has 0 aliphatic carbocycles. The first-order chi connectivity index (χ1) is 9.81. The SMILES string of the molecule is CCC(=O)N[C@H]1[C@H]([C@H](O)[C@H](O)CO)OC(C(=O)O)=C[C@@H]1N. The molecule has 0 aromatic carbocycles. The van der Waals surface area contributed by atoms with Gasteiger partial charge in [-0.3, -0.25) is 4.79 Å². The van der Waals surface area contributed by atoms with E-state index < -0.39 is 48.7 Å². The number of nitrogens with two attached hydrogens (primary N) is 1. The number of rotatable bonds is 6. The molecule has 1 heterocycles. The third kappa shape index (κ3) is 4.14. The number of hydrogen-bond donors (Lipinski definition) is 6. The molecule has 0 fully saturated rings. The predicted octanol–water partition coefficient (Wildman–Crippen LogP) is -2.71. The molecule has 1 amide bonds. The van der Waals surface area contributed by atoms with E-state index in [1.807, 2.05) is 0 Å². The molecule has 0 saturated carbocycles. The van der Waals surface area contributed by atoms with E-state index in [9.17, 15) is 19.8 Å². The summed E-state index contributed by atoms with van der Waals surface area (Å²) >= 11 is 0. The quantitative estimate of drug-likeness (QED) is 0.308. The van der Waals surface area contributed by atoms with Crippen molar-refractivity contribution in [2.24, 2.45) is 5.73 Å². The molecule has 0 bridgehead atoms. The molecule has 5 atom stereocenters. The van der Waals surface area contributed by atoms with E-state index in [1.165, 1.54) is 0 Å². The molecule has 0 unspecified atom stereocenters. The smallest absolute Gasteiger partial charge is 0.370 e. The van der Waals surface area contributed by atoms with Gasteiger partial charge in [0, 0.05) is 6.42 Å². The number of nitrogens with one attached hydrogen (secondary N) is 1. The average Bonchev–Trinajstić information content (AvgIpc) is 2.46. The highest BCUT2D eigenvalue weighted by molar-refractivity contribution is 5.84. The van der Waals surface area contributed by atoms with Crippen LogP contribution in [0.15, 0.2) is 11.8 Å². The molecular weight excluding hydrogens is 284 g/mol. The topological polar surface area (TPSA) is 162 Å². The van der Waals surface area contributed by atoms with Crippen molar-refractivity contribution in [3.05, 3.63) is 11.8 Å². The van der Waals surface area contributed by atoms with Crippen molar-refractivity contribution in [1.29, 1.82) is 0 Å². The highest BCUT2D eigenvalue weighted by Gasteiger charge is 2.42. The molecule has 0 spiro atoms. The Morgan fingerprint density at radius 1 is 1.48 bits per heavy atom.